The first-order valence-corrected chi connectivity index (χ1v) is 10.4. The molecule has 2 rings (SSSR count). The van der Waals surface area contributed by atoms with Gasteiger partial charge in [-0.2, -0.15) is 0 Å². The number of amides is 2. The summed E-state index contributed by atoms with van der Waals surface area (Å²) >= 11 is 5.75. The van der Waals surface area contributed by atoms with Crippen molar-refractivity contribution in [3.05, 3.63) is 74.5 Å². The lowest BCUT2D eigenvalue weighted by atomic mass is 10.0. The Labute approximate surface area is 194 Å². The topological polar surface area (TPSA) is 128 Å². The number of rotatable bonds is 10. The van der Waals surface area contributed by atoms with Gasteiger partial charge in [0.1, 0.15) is 16.9 Å². The van der Waals surface area contributed by atoms with Crippen LogP contribution in [0.5, 0.6) is 0 Å². The third kappa shape index (κ3) is 7.83. The van der Waals surface area contributed by atoms with Crippen molar-refractivity contribution in [3.63, 3.8) is 0 Å². The van der Waals surface area contributed by atoms with Crippen LogP contribution in [0.3, 0.4) is 0 Å². The largest absolute Gasteiger partial charge is 0.454 e. The van der Waals surface area contributed by atoms with Gasteiger partial charge in [-0.15, -0.1) is 0 Å². The first-order valence-electron chi connectivity index (χ1n) is 10.0. The second-order valence-electron chi connectivity index (χ2n) is 7.45. The van der Waals surface area contributed by atoms with Gasteiger partial charge in [-0.05, 0) is 42.2 Å². The number of esters is 1. The molecule has 2 amide bonds. The molecule has 0 spiro atoms. The SMILES string of the molecule is CC(C)[C@H](NC(=O)c1ccc(Cl)c([N+](=O)[O-])c1)C(=O)OCC(=O)NCCc1ccc(F)cc1. The van der Waals surface area contributed by atoms with E-state index in [9.17, 15) is 28.9 Å². The van der Waals surface area contributed by atoms with Crippen LogP contribution in [0.2, 0.25) is 5.02 Å². The van der Waals surface area contributed by atoms with Gasteiger partial charge >= 0.3 is 5.97 Å². The molecule has 0 saturated heterocycles. The first kappa shape index (κ1) is 25.7. The number of hydrogen-bond donors (Lipinski definition) is 2. The molecule has 11 heteroatoms. The standard InChI is InChI=1S/C22H23ClFN3O6/c1-13(2)20(26-21(29)15-5-8-17(23)18(11-15)27(31)32)22(30)33-12-19(28)25-10-9-14-3-6-16(24)7-4-14/h3-8,11,13,20H,9-10,12H2,1-2H3,(H,25,28)(H,26,29)/t20-/m0/s1. The monoisotopic (exact) mass is 479 g/mol. The van der Waals surface area contributed by atoms with E-state index in [2.05, 4.69) is 10.6 Å². The second kappa shape index (κ2) is 11.9. The fourth-order valence-corrected chi connectivity index (χ4v) is 2.98. The highest BCUT2D eigenvalue weighted by molar-refractivity contribution is 6.32. The van der Waals surface area contributed by atoms with Crippen LogP contribution in [0.25, 0.3) is 0 Å². The van der Waals surface area contributed by atoms with Crippen molar-refractivity contribution in [2.24, 2.45) is 5.92 Å². The molecule has 2 N–H and O–H groups in total. The molecule has 0 saturated carbocycles. The minimum Gasteiger partial charge on any atom is -0.454 e. The number of ether oxygens (including phenoxy) is 1. The van der Waals surface area contributed by atoms with Crippen LogP contribution >= 0.6 is 11.6 Å². The maximum Gasteiger partial charge on any atom is 0.329 e. The van der Waals surface area contributed by atoms with Gasteiger partial charge in [0.2, 0.25) is 0 Å². The molecule has 0 aromatic heterocycles. The smallest absolute Gasteiger partial charge is 0.329 e. The summed E-state index contributed by atoms with van der Waals surface area (Å²) in [6, 6.07) is 8.28. The summed E-state index contributed by atoms with van der Waals surface area (Å²) in [5, 5.41) is 15.9. The predicted octanol–water partition coefficient (Wildman–Crippen LogP) is 3.04. The highest BCUT2D eigenvalue weighted by Crippen LogP contribution is 2.25. The zero-order valence-electron chi connectivity index (χ0n) is 18.0. The molecule has 176 valence electrons. The fraction of sp³-hybridized carbons (Fsp3) is 0.318. The van der Waals surface area contributed by atoms with Crippen molar-refractivity contribution in [3.8, 4) is 0 Å². The van der Waals surface area contributed by atoms with E-state index in [4.69, 9.17) is 16.3 Å². The molecule has 2 aromatic carbocycles. The Hall–Kier alpha value is -3.53. The lowest BCUT2D eigenvalue weighted by Crippen LogP contribution is -2.46. The molecule has 0 heterocycles. The molecule has 1 atom stereocenters. The van der Waals surface area contributed by atoms with Crippen molar-refractivity contribution in [1.82, 2.24) is 10.6 Å². The number of nitro groups is 1. The van der Waals surface area contributed by atoms with Crippen molar-refractivity contribution in [2.75, 3.05) is 13.2 Å². The summed E-state index contributed by atoms with van der Waals surface area (Å²) in [6.07, 6.45) is 0.470. The van der Waals surface area contributed by atoms with Crippen LogP contribution < -0.4 is 10.6 Å². The number of carbonyl (C=O) groups is 3. The molecule has 0 bridgehead atoms. The van der Waals surface area contributed by atoms with Crippen LogP contribution in [-0.2, 0) is 20.7 Å². The van der Waals surface area contributed by atoms with E-state index in [0.29, 0.717) is 6.42 Å². The van der Waals surface area contributed by atoms with E-state index in [1.54, 1.807) is 26.0 Å². The van der Waals surface area contributed by atoms with Gasteiger partial charge in [0.15, 0.2) is 6.61 Å². The van der Waals surface area contributed by atoms with Gasteiger partial charge in [0.25, 0.3) is 17.5 Å². The normalized spacial score (nSPS) is 11.5. The number of nitrogens with zero attached hydrogens (tertiary/aromatic N) is 1. The van der Waals surface area contributed by atoms with E-state index in [1.165, 1.54) is 24.3 Å². The third-order valence-electron chi connectivity index (χ3n) is 4.61. The van der Waals surface area contributed by atoms with Crippen LogP contribution in [-0.4, -0.2) is 41.9 Å². The maximum absolute atomic E-state index is 12.9. The van der Waals surface area contributed by atoms with Crippen molar-refractivity contribution >= 4 is 35.1 Å². The number of nitro benzene ring substituents is 1. The molecule has 9 nitrogen and oxygen atoms in total. The molecule has 0 aliphatic heterocycles. The summed E-state index contributed by atoms with van der Waals surface area (Å²) in [5.41, 5.74) is 0.340. The number of halogens is 2. The van der Waals surface area contributed by atoms with Crippen LogP contribution in [0, 0.1) is 21.8 Å². The fourth-order valence-electron chi connectivity index (χ4n) is 2.79. The van der Waals surface area contributed by atoms with E-state index in [0.717, 1.165) is 11.6 Å². The average Bonchev–Trinajstić information content (AvgIpc) is 2.76. The number of benzene rings is 2. The summed E-state index contributed by atoms with van der Waals surface area (Å²) in [6.45, 7) is 3.05. The van der Waals surface area contributed by atoms with E-state index in [1.807, 2.05) is 0 Å². The summed E-state index contributed by atoms with van der Waals surface area (Å²) in [4.78, 5) is 47.2. The second-order valence-corrected chi connectivity index (χ2v) is 7.86. The predicted molar refractivity (Wildman–Crippen MR) is 118 cm³/mol. The molecular weight excluding hydrogens is 457 g/mol. The Morgan fingerprint density at radius 1 is 1.15 bits per heavy atom. The van der Waals surface area contributed by atoms with Gasteiger partial charge in [0, 0.05) is 18.2 Å². The number of nitrogens with one attached hydrogen (secondary N) is 2. The summed E-state index contributed by atoms with van der Waals surface area (Å²) in [5.74, 6) is -2.82. The van der Waals surface area contributed by atoms with Gasteiger partial charge in [-0.1, -0.05) is 37.6 Å². The Morgan fingerprint density at radius 2 is 1.82 bits per heavy atom. The zero-order valence-corrected chi connectivity index (χ0v) is 18.7. The molecule has 0 aliphatic rings. The summed E-state index contributed by atoms with van der Waals surface area (Å²) < 4.78 is 17.9. The Morgan fingerprint density at radius 3 is 2.42 bits per heavy atom. The Kier molecular flexibility index (Phi) is 9.29. The lowest BCUT2D eigenvalue weighted by molar-refractivity contribution is -0.384. The van der Waals surface area contributed by atoms with E-state index in [-0.39, 0.29) is 28.9 Å². The molecule has 0 radical (unpaired) electrons. The van der Waals surface area contributed by atoms with Crippen LogP contribution in [0.1, 0.15) is 29.8 Å². The van der Waals surface area contributed by atoms with E-state index >= 15 is 0 Å². The Bertz CT molecular complexity index is 1030. The molecule has 0 fully saturated rings. The van der Waals surface area contributed by atoms with Crippen molar-refractivity contribution in [1.29, 1.82) is 0 Å². The maximum atomic E-state index is 12.9. The first-order chi connectivity index (χ1) is 15.6. The van der Waals surface area contributed by atoms with Crippen molar-refractivity contribution < 1.29 is 28.4 Å². The van der Waals surface area contributed by atoms with Gasteiger partial charge < -0.3 is 15.4 Å². The molecule has 0 aliphatic carbocycles. The molecule has 2 aromatic rings. The van der Waals surface area contributed by atoms with Gasteiger partial charge in [0.05, 0.1) is 4.92 Å². The average molecular weight is 480 g/mol. The highest BCUT2D eigenvalue weighted by atomic mass is 35.5. The molecular formula is C22H23ClFN3O6. The number of hydrogen-bond acceptors (Lipinski definition) is 6. The third-order valence-corrected chi connectivity index (χ3v) is 4.93. The molecule has 0 unspecified atom stereocenters. The summed E-state index contributed by atoms with van der Waals surface area (Å²) in [7, 11) is 0. The van der Waals surface area contributed by atoms with Crippen LogP contribution in [0.15, 0.2) is 42.5 Å². The highest BCUT2D eigenvalue weighted by Gasteiger charge is 2.27. The van der Waals surface area contributed by atoms with Gasteiger partial charge in [-0.3, -0.25) is 19.7 Å². The minimum atomic E-state index is -1.08. The quantitative estimate of drug-likeness (QED) is 0.306. The Balaban J connectivity index is 1.88. The lowest BCUT2D eigenvalue weighted by Gasteiger charge is -2.20. The molecule has 33 heavy (non-hydrogen) atoms. The van der Waals surface area contributed by atoms with Crippen molar-refractivity contribution in [2.45, 2.75) is 26.3 Å². The minimum absolute atomic E-state index is 0.0527. The zero-order chi connectivity index (χ0) is 24.5. The van der Waals surface area contributed by atoms with Crippen LogP contribution in [0.4, 0.5) is 10.1 Å². The number of carbonyl (C=O) groups excluding carboxylic acids is 3. The van der Waals surface area contributed by atoms with E-state index < -0.39 is 41.0 Å². The van der Waals surface area contributed by atoms with Gasteiger partial charge in [-0.25, -0.2) is 9.18 Å².